The number of aryl methyl sites for hydroxylation is 2. The lowest BCUT2D eigenvalue weighted by atomic mass is 10.2. The number of carbonyl (C=O) groups excluding carboxylic acids is 4. The number of hydrogen-bond acceptors (Lipinski definition) is 5. The highest BCUT2D eigenvalue weighted by Gasteiger charge is 2.23. The minimum absolute atomic E-state index is 0.238. The van der Waals surface area contributed by atoms with Crippen LogP contribution in [0.5, 0.6) is 5.75 Å². The van der Waals surface area contributed by atoms with Gasteiger partial charge in [0.15, 0.2) is 6.61 Å². The zero-order valence-electron chi connectivity index (χ0n) is 25.8. The zero-order valence-corrected chi connectivity index (χ0v) is 25.8. The fourth-order valence-corrected chi connectivity index (χ4v) is 4.41. The number of ether oxygens (including phenoxy) is 1. The van der Waals surface area contributed by atoms with Crippen LogP contribution in [0.3, 0.4) is 0 Å². The summed E-state index contributed by atoms with van der Waals surface area (Å²) in [4.78, 5) is 56.5. The third kappa shape index (κ3) is 9.17. The summed E-state index contributed by atoms with van der Waals surface area (Å²) in [7, 11) is 3.30. The van der Waals surface area contributed by atoms with E-state index in [1.807, 2.05) is 68.4 Å². The molecule has 10 heteroatoms. The van der Waals surface area contributed by atoms with E-state index in [1.54, 1.807) is 62.6 Å². The number of hydrogen-bond donors (Lipinski definition) is 2. The first-order valence-electron chi connectivity index (χ1n) is 14.4. The average Bonchev–Trinajstić information content (AvgIpc) is 3.05. The molecule has 0 aliphatic heterocycles. The number of nitrogens with zero attached hydrogens (tertiary/aromatic N) is 3. The molecular formula is C35H37N5O5. The number of anilines is 4. The van der Waals surface area contributed by atoms with Crippen molar-refractivity contribution in [1.29, 1.82) is 0 Å². The van der Waals surface area contributed by atoms with E-state index >= 15 is 0 Å². The van der Waals surface area contributed by atoms with Crippen LogP contribution < -0.4 is 30.1 Å². The molecule has 0 atom stereocenters. The lowest BCUT2D eigenvalue weighted by Crippen LogP contribution is -2.46. The first kappa shape index (κ1) is 32.3. The van der Waals surface area contributed by atoms with Gasteiger partial charge in [0.05, 0.1) is 6.54 Å². The molecule has 4 aromatic rings. The molecule has 5 amide bonds. The lowest BCUT2D eigenvalue weighted by Gasteiger charge is -2.26. The van der Waals surface area contributed by atoms with Gasteiger partial charge in [0.2, 0.25) is 11.8 Å². The summed E-state index contributed by atoms with van der Waals surface area (Å²) in [5, 5.41) is 5.28. The first-order chi connectivity index (χ1) is 21.6. The van der Waals surface area contributed by atoms with Crippen LogP contribution in [0.1, 0.15) is 11.1 Å². The maximum atomic E-state index is 13.5. The van der Waals surface area contributed by atoms with Gasteiger partial charge in [-0.2, -0.15) is 0 Å². The number of para-hydroxylation sites is 1. The molecule has 0 aliphatic rings. The van der Waals surface area contributed by atoms with Crippen molar-refractivity contribution in [2.45, 2.75) is 13.8 Å². The van der Waals surface area contributed by atoms with Gasteiger partial charge in [0.25, 0.3) is 5.91 Å². The van der Waals surface area contributed by atoms with Gasteiger partial charge in [-0.3, -0.25) is 14.4 Å². The second kappa shape index (κ2) is 15.2. The maximum Gasteiger partial charge on any atom is 0.319 e. The minimum atomic E-state index is -0.560. The number of urea groups is 1. The Morgan fingerprint density at radius 2 is 1.29 bits per heavy atom. The van der Waals surface area contributed by atoms with Crippen molar-refractivity contribution in [3.63, 3.8) is 0 Å². The zero-order chi connectivity index (χ0) is 32.3. The van der Waals surface area contributed by atoms with Gasteiger partial charge in [-0.05, 0) is 67.9 Å². The highest BCUT2D eigenvalue weighted by atomic mass is 16.5. The molecule has 0 fully saturated rings. The number of rotatable bonds is 11. The van der Waals surface area contributed by atoms with E-state index in [0.29, 0.717) is 22.8 Å². The lowest BCUT2D eigenvalue weighted by molar-refractivity contribution is -0.121. The quantitative estimate of drug-likeness (QED) is 0.245. The highest BCUT2D eigenvalue weighted by molar-refractivity contribution is 6.05. The third-order valence-corrected chi connectivity index (χ3v) is 7.08. The van der Waals surface area contributed by atoms with E-state index in [-0.39, 0.29) is 31.5 Å². The summed E-state index contributed by atoms with van der Waals surface area (Å²) in [6, 6.07) is 29.9. The Balaban J connectivity index is 1.47. The summed E-state index contributed by atoms with van der Waals surface area (Å²) < 4.78 is 5.80. The van der Waals surface area contributed by atoms with Crippen LogP contribution >= 0.6 is 0 Å². The van der Waals surface area contributed by atoms with Crippen molar-refractivity contribution in [3.8, 4) is 5.75 Å². The van der Waals surface area contributed by atoms with E-state index in [1.165, 1.54) is 14.7 Å². The van der Waals surface area contributed by atoms with Gasteiger partial charge >= 0.3 is 6.03 Å². The standard InChI is InChI=1S/C35H37N5O5/c1-25-16-18-29(19-17-25)39(4)34(43)24-45-31-15-9-14-30(21-31)40(23-33(42)38(3)28-12-6-5-7-13-28)32(41)22-36-35(44)37-27-11-8-10-26(2)20-27/h5-21H,22-24H2,1-4H3,(H2,36,37,44). The van der Waals surface area contributed by atoms with Gasteiger partial charge < -0.3 is 30.1 Å². The second-order valence-electron chi connectivity index (χ2n) is 10.5. The van der Waals surface area contributed by atoms with Crippen molar-refractivity contribution in [2.24, 2.45) is 0 Å². The molecule has 0 aliphatic carbocycles. The van der Waals surface area contributed by atoms with Crippen molar-refractivity contribution >= 4 is 46.5 Å². The Hall–Kier alpha value is -5.64. The predicted molar refractivity (Wildman–Crippen MR) is 177 cm³/mol. The van der Waals surface area contributed by atoms with Crippen LogP contribution in [0.15, 0.2) is 103 Å². The Kier molecular flexibility index (Phi) is 10.9. The average molecular weight is 608 g/mol. The van der Waals surface area contributed by atoms with Crippen molar-refractivity contribution in [1.82, 2.24) is 5.32 Å². The summed E-state index contributed by atoms with van der Waals surface area (Å²) in [5.41, 5.74) is 4.42. The summed E-state index contributed by atoms with van der Waals surface area (Å²) in [5.74, 6) is -0.790. The highest BCUT2D eigenvalue weighted by Crippen LogP contribution is 2.23. The normalized spacial score (nSPS) is 10.4. The van der Waals surface area contributed by atoms with E-state index in [2.05, 4.69) is 10.6 Å². The molecule has 232 valence electrons. The van der Waals surface area contributed by atoms with Crippen LogP contribution in [-0.4, -0.2) is 57.5 Å². The topological polar surface area (TPSA) is 111 Å². The molecule has 0 bridgehead atoms. The van der Waals surface area contributed by atoms with Gasteiger partial charge in [-0.15, -0.1) is 0 Å². The van der Waals surface area contributed by atoms with Crippen LogP contribution in [0.25, 0.3) is 0 Å². The largest absolute Gasteiger partial charge is 0.484 e. The minimum Gasteiger partial charge on any atom is -0.484 e. The van der Waals surface area contributed by atoms with Crippen LogP contribution in [-0.2, 0) is 14.4 Å². The number of likely N-dealkylation sites (N-methyl/N-ethyl adjacent to an activating group) is 2. The molecule has 0 aromatic heterocycles. The number of carbonyl (C=O) groups is 4. The molecular weight excluding hydrogens is 570 g/mol. The predicted octanol–water partition coefficient (Wildman–Crippen LogP) is 5.16. The monoisotopic (exact) mass is 607 g/mol. The van der Waals surface area contributed by atoms with Gasteiger partial charge in [-0.25, -0.2) is 4.79 Å². The van der Waals surface area contributed by atoms with Crippen LogP contribution in [0.2, 0.25) is 0 Å². The van der Waals surface area contributed by atoms with Crippen LogP contribution in [0.4, 0.5) is 27.5 Å². The fraction of sp³-hybridized carbons (Fsp3) is 0.200. The van der Waals surface area contributed by atoms with Gasteiger partial charge in [-0.1, -0.05) is 54.1 Å². The van der Waals surface area contributed by atoms with E-state index < -0.39 is 11.9 Å². The summed E-state index contributed by atoms with van der Waals surface area (Å²) in [6.45, 7) is 2.97. The Morgan fingerprint density at radius 1 is 0.644 bits per heavy atom. The molecule has 0 radical (unpaired) electrons. The molecule has 0 unspecified atom stereocenters. The van der Waals surface area contributed by atoms with Crippen LogP contribution in [0, 0.1) is 13.8 Å². The van der Waals surface area contributed by atoms with Crippen molar-refractivity contribution < 1.29 is 23.9 Å². The maximum absolute atomic E-state index is 13.5. The molecule has 0 saturated carbocycles. The van der Waals surface area contributed by atoms with Crippen molar-refractivity contribution in [3.05, 3.63) is 114 Å². The van der Waals surface area contributed by atoms with E-state index in [9.17, 15) is 19.2 Å². The number of benzene rings is 4. The Labute approximate surface area is 263 Å². The molecule has 0 heterocycles. The third-order valence-electron chi connectivity index (χ3n) is 7.08. The first-order valence-corrected chi connectivity index (χ1v) is 14.4. The van der Waals surface area contributed by atoms with Gasteiger partial charge in [0, 0.05) is 42.9 Å². The molecule has 4 aromatic carbocycles. The smallest absolute Gasteiger partial charge is 0.319 e. The Morgan fingerprint density at radius 3 is 2.00 bits per heavy atom. The molecule has 0 saturated heterocycles. The molecule has 4 rings (SSSR count). The summed E-state index contributed by atoms with van der Waals surface area (Å²) in [6.07, 6.45) is 0. The molecule has 2 N–H and O–H groups in total. The SMILES string of the molecule is Cc1ccc(N(C)C(=O)COc2cccc(N(CC(=O)N(C)c3ccccc3)C(=O)CNC(=O)Nc3cccc(C)c3)c2)cc1. The molecule has 45 heavy (non-hydrogen) atoms. The second-order valence-corrected chi connectivity index (χ2v) is 10.5. The van der Waals surface area contributed by atoms with E-state index in [4.69, 9.17) is 4.74 Å². The van der Waals surface area contributed by atoms with Crippen molar-refractivity contribution in [2.75, 3.05) is 53.8 Å². The number of amides is 5. The molecule has 10 nitrogen and oxygen atoms in total. The fourth-order valence-electron chi connectivity index (χ4n) is 4.41. The summed E-state index contributed by atoms with van der Waals surface area (Å²) >= 11 is 0. The van der Waals surface area contributed by atoms with Gasteiger partial charge in [0.1, 0.15) is 12.3 Å². The molecule has 0 spiro atoms. The Bertz CT molecular complexity index is 1640. The van der Waals surface area contributed by atoms with E-state index in [0.717, 1.165) is 16.8 Å². The number of nitrogens with one attached hydrogen (secondary N) is 2.